The number of benzene rings is 1. The van der Waals surface area contributed by atoms with E-state index in [9.17, 15) is 0 Å². The van der Waals surface area contributed by atoms with Gasteiger partial charge in [0.1, 0.15) is 12.4 Å². The predicted octanol–water partition coefficient (Wildman–Crippen LogP) is 2.14. The topological polar surface area (TPSA) is 33.7 Å². The Hall–Kier alpha value is -1.10. The first kappa shape index (κ1) is 17.0. The van der Waals surface area contributed by atoms with Crippen LogP contribution in [0.5, 0.6) is 5.75 Å². The molecular formula is C16H28N2O2. The van der Waals surface area contributed by atoms with Gasteiger partial charge in [-0.25, -0.2) is 0 Å². The third-order valence-electron chi connectivity index (χ3n) is 2.83. The number of ether oxygens (including phenoxy) is 2. The molecule has 0 fully saturated rings. The Kier molecular flexibility index (Phi) is 9.04. The normalized spacial score (nSPS) is 11.0. The van der Waals surface area contributed by atoms with Crippen LogP contribution < -0.4 is 10.1 Å². The van der Waals surface area contributed by atoms with Crippen molar-refractivity contribution < 1.29 is 9.47 Å². The lowest BCUT2D eigenvalue weighted by Gasteiger charge is -2.11. The van der Waals surface area contributed by atoms with E-state index in [1.54, 1.807) is 0 Å². The third kappa shape index (κ3) is 8.15. The van der Waals surface area contributed by atoms with Crippen molar-refractivity contribution in [1.29, 1.82) is 0 Å². The van der Waals surface area contributed by atoms with Crippen LogP contribution in [0.1, 0.15) is 18.9 Å². The fourth-order valence-corrected chi connectivity index (χ4v) is 1.72. The summed E-state index contributed by atoms with van der Waals surface area (Å²) in [7, 11) is 4.08. The fraction of sp³-hybridized carbons (Fsp3) is 0.625. The van der Waals surface area contributed by atoms with Gasteiger partial charge in [-0.15, -0.1) is 0 Å². The standard InChI is InChI=1S/C16H28N2O2/c1-4-8-17-14-15-6-5-7-16(13-15)20-12-11-19-10-9-18(2)3/h5-7,13,17H,4,8-12,14H2,1-3H3. The molecule has 114 valence electrons. The SMILES string of the molecule is CCCNCc1cccc(OCCOCCN(C)C)c1. The Morgan fingerprint density at radius 2 is 2.00 bits per heavy atom. The molecule has 1 N–H and O–H groups in total. The van der Waals surface area contributed by atoms with Gasteiger partial charge in [0.25, 0.3) is 0 Å². The summed E-state index contributed by atoms with van der Waals surface area (Å²) in [5.41, 5.74) is 1.25. The van der Waals surface area contributed by atoms with Crippen molar-refractivity contribution in [3.8, 4) is 5.75 Å². The van der Waals surface area contributed by atoms with Crippen LogP contribution in [-0.2, 0) is 11.3 Å². The van der Waals surface area contributed by atoms with E-state index in [0.717, 1.165) is 38.4 Å². The Labute approximate surface area is 123 Å². The zero-order valence-corrected chi connectivity index (χ0v) is 13.0. The summed E-state index contributed by atoms with van der Waals surface area (Å²) < 4.78 is 11.2. The van der Waals surface area contributed by atoms with Gasteiger partial charge in [0.05, 0.1) is 13.2 Å². The molecule has 0 saturated heterocycles. The highest BCUT2D eigenvalue weighted by atomic mass is 16.5. The van der Waals surface area contributed by atoms with E-state index in [2.05, 4.69) is 29.3 Å². The van der Waals surface area contributed by atoms with E-state index in [1.165, 1.54) is 5.56 Å². The molecule has 0 radical (unpaired) electrons. The fourth-order valence-electron chi connectivity index (χ4n) is 1.72. The molecule has 1 rings (SSSR count). The van der Waals surface area contributed by atoms with Crippen LogP contribution in [0.2, 0.25) is 0 Å². The Morgan fingerprint density at radius 3 is 2.75 bits per heavy atom. The van der Waals surface area contributed by atoms with Gasteiger partial charge in [0, 0.05) is 13.1 Å². The number of nitrogens with zero attached hydrogens (tertiary/aromatic N) is 1. The second-order valence-electron chi connectivity index (χ2n) is 5.09. The molecule has 0 heterocycles. The number of hydrogen-bond donors (Lipinski definition) is 1. The van der Waals surface area contributed by atoms with Crippen LogP contribution in [-0.4, -0.2) is 51.9 Å². The molecule has 4 heteroatoms. The molecule has 4 nitrogen and oxygen atoms in total. The van der Waals surface area contributed by atoms with E-state index in [1.807, 2.05) is 26.2 Å². The van der Waals surface area contributed by atoms with Crippen LogP contribution in [0.4, 0.5) is 0 Å². The van der Waals surface area contributed by atoms with E-state index in [4.69, 9.17) is 9.47 Å². The quantitative estimate of drug-likeness (QED) is 0.630. The lowest BCUT2D eigenvalue weighted by Crippen LogP contribution is -2.19. The zero-order valence-electron chi connectivity index (χ0n) is 13.0. The summed E-state index contributed by atoms with van der Waals surface area (Å²) >= 11 is 0. The molecular weight excluding hydrogens is 252 g/mol. The molecule has 0 spiro atoms. The molecule has 0 saturated carbocycles. The highest BCUT2D eigenvalue weighted by molar-refractivity contribution is 5.28. The first-order valence-electron chi connectivity index (χ1n) is 7.37. The molecule has 0 aromatic heterocycles. The molecule has 0 aliphatic carbocycles. The molecule has 0 aliphatic heterocycles. The zero-order chi connectivity index (χ0) is 14.6. The first-order chi connectivity index (χ1) is 9.72. The average Bonchev–Trinajstić information content (AvgIpc) is 2.43. The predicted molar refractivity (Wildman–Crippen MR) is 83.3 cm³/mol. The van der Waals surface area contributed by atoms with Crippen LogP contribution in [0, 0.1) is 0 Å². The number of nitrogens with one attached hydrogen (secondary N) is 1. The smallest absolute Gasteiger partial charge is 0.119 e. The number of likely N-dealkylation sites (N-methyl/N-ethyl adjacent to an activating group) is 1. The second-order valence-corrected chi connectivity index (χ2v) is 5.09. The van der Waals surface area contributed by atoms with E-state index in [-0.39, 0.29) is 0 Å². The maximum absolute atomic E-state index is 5.69. The number of hydrogen-bond acceptors (Lipinski definition) is 4. The monoisotopic (exact) mass is 280 g/mol. The third-order valence-corrected chi connectivity index (χ3v) is 2.83. The van der Waals surface area contributed by atoms with Crippen molar-refractivity contribution in [1.82, 2.24) is 10.2 Å². The van der Waals surface area contributed by atoms with Crippen LogP contribution in [0.15, 0.2) is 24.3 Å². The van der Waals surface area contributed by atoms with Crippen molar-refractivity contribution in [2.24, 2.45) is 0 Å². The van der Waals surface area contributed by atoms with E-state index in [0.29, 0.717) is 13.2 Å². The first-order valence-corrected chi connectivity index (χ1v) is 7.37. The maximum atomic E-state index is 5.69. The molecule has 0 aliphatic rings. The summed E-state index contributed by atoms with van der Waals surface area (Å²) in [5.74, 6) is 0.914. The molecule has 1 aromatic carbocycles. The van der Waals surface area contributed by atoms with Gasteiger partial charge in [-0.2, -0.15) is 0 Å². The van der Waals surface area contributed by atoms with Crippen molar-refractivity contribution in [3.63, 3.8) is 0 Å². The lowest BCUT2D eigenvalue weighted by molar-refractivity contribution is 0.0889. The minimum Gasteiger partial charge on any atom is -0.491 e. The summed E-state index contributed by atoms with van der Waals surface area (Å²) in [5, 5.41) is 3.39. The summed E-state index contributed by atoms with van der Waals surface area (Å²) in [6.07, 6.45) is 1.15. The molecule has 0 amide bonds. The van der Waals surface area contributed by atoms with Crippen LogP contribution >= 0.6 is 0 Å². The minimum atomic E-state index is 0.596. The van der Waals surface area contributed by atoms with E-state index >= 15 is 0 Å². The molecule has 0 unspecified atom stereocenters. The van der Waals surface area contributed by atoms with Gasteiger partial charge in [-0.05, 0) is 44.8 Å². The van der Waals surface area contributed by atoms with Gasteiger partial charge in [0.2, 0.25) is 0 Å². The molecule has 0 bridgehead atoms. The lowest BCUT2D eigenvalue weighted by atomic mass is 10.2. The Balaban J connectivity index is 2.18. The Morgan fingerprint density at radius 1 is 1.15 bits per heavy atom. The Bertz CT molecular complexity index is 356. The largest absolute Gasteiger partial charge is 0.491 e. The maximum Gasteiger partial charge on any atom is 0.119 e. The number of rotatable bonds is 11. The molecule has 0 atom stereocenters. The van der Waals surface area contributed by atoms with Gasteiger partial charge >= 0.3 is 0 Å². The molecule has 20 heavy (non-hydrogen) atoms. The van der Waals surface area contributed by atoms with Gasteiger partial charge in [-0.1, -0.05) is 19.1 Å². The molecule has 1 aromatic rings. The van der Waals surface area contributed by atoms with Gasteiger partial charge in [-0.3, -0.25) is 0 Å². The van der Waals surface area contributed by atoms with E-state index < -0.39 is 0 Å². The van der Waals surface area contributed by atoms with Gasteiger partial charge < -0.3 is 19.7 Å². The highest BCUT2D eigenvalue weighted by Crippen LogP contribution is 2.13. The van der Waals surface area contributed by atoms with Crippen LogP contribution in [0.25, 0.3) is 0 Å². The minimum absolute atomic E-state index is 0.596. The second kappa shape index (κ2) is 10.7. The van der Waals surface area contributed by atoms with Crippen molar-refractivity contribution in [2.45, 2.75) is 19.9 Å². The van der Waals surface area contributed by atoms with Gasteiger partial charge in [0.15, 0.2) is 0 Å². The summed E-state index contributed by atoms with van der Waals surface area (Å²) in [4.78, 5) is 2.10. The summed E-state index contributed by atoms with van der Waals surface area (Å²) in [6.45, 7) is 7.03. The van der Waals surface area contributed by atoms with Crippen molar-refractivity contribution >= 4 is 0 Å². The highest BCUT2D eigenvalue weighted by Gasteiger charge is 1.97. The van der Waals surface area contributed by atoms with Crippen molar-refractivity contribution in [2.75, 3.05) is 47.0 Å². The van der Waals surface area contributed by atoms with Crippen LogP contribution in [0.3, 0.4) is 0 Å². The summed E-state index contributed by atoms with van der Waals surface area (Å²) in [6, 6.07) is 8.22. The average molecular weight is 280 g/mol. The van der Waals surface area contributed by atoms with Crippen molar-refractivity contribution in [3.05, 3.63) is 29.8 Å².